The van der Waals surface area contributed by atoms with E-state index in [-0.39, 0.29) is 74.1 Å². The van der Waals surface area contributed by atoms with Crippen molar-refractivity contribution < 1.29 is 47.6 Å². The molecule has 1 aliphatic rings. The first-order valence-electron chi connectivity index (χ1n) is 17.0. The van der Waals surface area contributed by atoms with Gasteiger partial charge in [0.2, 0.25) is 0 Å². The highest BCUT2D eigenvalue weighted by molar-refractivity contribution is 7.21. The van der Waals surface area contributed by atoms with Crippen LogP contribution in [0.2, 0.25) is 0 Å². The zero-order valence-electron chi connectivity index (χ0n) is 30.3. The van der Waals surface area contributed by atoms with Crippen molar-refractivity contribution in [3.63, 3.8) is 0 Å². The number of thiophene rings is 3. The highest BCUT2D eigenvalue weighted by Gasteiger charge is 2.34. The van der Waals surface area contributed by atoms with E-state index >= 15 is 0 Å². The van der Waals surface area contributed by atoms with Crippen molar-refractivity contribution in [2.45, 2.75) is 34.6 Å². The zero-order chi connectivity index (χ0) is 39.0. The van der Waals surface area contributed by atoms with Gasteiger partial charge < -0.3 is 39.9 Å². The summed E-state index contributed by atoms with van der Waals surface area (Å²) in [7, 11) is 0. The summed E-state index contributed by atoms with van der Waals surface area (Å²) in [5, 5.41) is 0.473. The lowest BCUT2D eigenvalue weighted by Gasteiger charge is -2.37. The Balaban J connectivity index is 1.56. The molecular formula is C37H40N4O10S3. The van der Waals surface area contributed by atoms with E-state index in [4.69, 9.17) is 39.9 Å². The number of aliphatic imine (C=N–C) groups is 2. The maximum Gasteiger partial charge on any atom is 0.342 e. The molecule has 0 spiro atoms. The molecule has 4 N–H and O–H groups in total. The molecule has 0 amide bonds. The molecule has 0 aliphatic carbocycles. The lowest BCUT2D eigenvalue weighted by molar-refractivity contribution is -0.120. The lowest BCUT2D eigenvalue weighted by atomic mass is 9.90. The number of ether oxygens (including phenoxy) is 6. The van der Waals surface area contributed by atoms with Gasteiger partial charge in [-0.1, -0.05) is 41.7 Å². The van der Waals surface area contributed by atoms with Crippen molar-refractivity contribution in [2.75, 3.05) is 57.7 Å². The molecule has 0 atom stereocenters. The Labute approximate surface area is 323 Å². The van der Waals surface area contributed by atoms with Crippen molar-refractivity contribution in [1.29, 1.82) is 0 Å². The van der Waals surface area contributed by atoms with E-state index in [9.17, 15) is 19.2 Å². The smallest absolute Gasteiger partial charge is 0.342 e. The minimum Gasteiger partial charge on any atom is -0.493 e. The molecule has 1 saturated heterocycles. The second-order valence-electron chi connectivity index (χ2n) is 12.0. The molecule has 1 aromatic carbocycles. The first kappa shape index (κ1) is 40.1. The summed E-state index contributed by atoms with van der Waals surface area (Å²) in [4.78, 5) is 62.1. The molecule has 0 bridgehead atoms. The van der Waals surface area contributed by atoms with Crippen LogP contribution in [0, 0.1) is 5.41 Å². The van der Waals surface area contributed by atoms with Gasteiger partial charge in [-0.05, 0) is 51.5 Å². The Morgan fingerprint density at radius 3 is 1.63 bits per heavy atom. The number of nitrogens with zero attached hydrogens (tertiary/aromatic N) is 2. The van der Waals surface area contributed by atoms with Crippen LogP contribution >= 0.6 is 34.0 Å². The van der Waals surface area contributed by atoms with Crippen LogP contribution in [0.3, 0.4) is 0 Å². The number of hydrogen-bond acceptors (Lipinski definition) is 17. The Hall–Kier alpha value is -5.10. The average Bonchev–Trinajstić information content (AvgIpc) is 3.80. The molecule has 1 fully saturated rings. The van der Waals surface area contributed by atoms with Crippen LogP contribution in [-0.4, -0.2) is 82.6 Å². The summed E-state index contributed by atoms with van der Waals surface area (Å²) < 4.78 is 32.1. The van der Waals surface area contributed by atoms with Crippen LogP contribution < -0.4 is 16.2 Å². The molecule has 0 unspecified atom stereocenters. The predicted octanol–water partition coefficient (Wildman–Crippen LogP) is 7.33. The summed E-state index contributed by atoms with van der Waals surface area (Å²) in [6.45, 7) is 10.8. The number of nitrogen functional groups attached to an aromatic ring is 2. The van der Waals surface area contributed by atoms with Gasteiger partial charge in [0.25, 0.3) is 0 Å². The summed E-state index contributed by atoms with van der Waals surface area (Å²) >= 11 is 3.22. The summed E-state index contributed by atoms with van der Waals surface area (Å²) in [5.41, 5.74) is 13.6. The van der Waals surface area contributed by atoms with Crippen LogP contribution in [0.5, 0.6) is 5.75 Å². The van der Waals surface area contributed by atoms with E-state index < -0.39 is 23.9 Å². The molecule has 0 radical (unpaired) electrons. The molecule has 54 heavy (non-hydrogen) atoms. The van der Waals surface area contributed by atoms with Crippen molar-refractivity contribution >= 4 is 90.3 Å². The fourth-order valence-electron chi connectivity index (χ4n) is 5.22. The number of carbonyl (C=O) groups is 4. The minimum atomic E-state index is -0.757. The van der Waals surface area contributed by atoms with Gasteiger partial charge in [0.15, 0.2) is 0 Å². The number of benzene rings is 1. The molecule has 3 aromatic heterocycles. The Morgan fingerprint density at radius 2 is 1.19 bits per heavy atom. The van der Waals surface area contributed by atoms with E-state index in [1.807, 2.05) is 30.3 Å². The Kier molecular flexibility index (Phi) is 13.2. The van der Waals surface area contributed by atoms with Crippen molar-refractivity contribution in [3.8, 4) is 16.9 Å². The predicted molar refractivity (Wildman–Crippen MR) is 210 cm³/mol. The monoisotopic (exact) mass is 796 g/mol. The van der Waals surface area contributed by atoms with Gasteiger partial charge in [-0.3, -0.25) is 0 Å². The standard InChI is InChI=1S/C37H40N4O10S3/c1-6-47-33(42)25-27(35(44)49-8-3)31(53-29(25)38)40-15-22-14-23(20-10-12-21(13-11-20)51-19-37(5)17-46-18-37)24(52-22)16-41-32-28(36(45)50-9-4)26(30(39)54-32)34(43)48-7-2/h10-16H,6-9,17-19,38-39H2,1-5H3/b40-15+,41-16+. The van der Waals surface area contributed by atoms with Gasteiger partial charge in [-0.25, -0.2) is 29.2 Å². The normalized spacial score (nSPS) is 13.5. The number of nitrogens with two attached hydrogens (primary N) is 2. The van der Waals surface area contributed by atoms with Gasteiger partial charge in [0.05, 0.1) is 51.1 Å². The second-order valence-corrected chi connectivity index (χ2v) is 15.2. The maximum atomic E-state index is 13.1. The second kappa shape index (κ2) is 17.8. The molecule has 286 valence electrons. The zero-order valence-corrected chi connectivity index (χ0v) is 32.8. The molecule has 0 saturated carbocycles. The lowest BCUT2D eigenvalue weighted by Crippen LogP contribution is -2.44. The molecular weight excluding hydrogens is 757 g/mol. The third-order valence-corrected chi connectivity index (χ3v) is 10.7. The van der Waals surface area contributed by atoms with Crippen molar-refractivity contribution in [3.05, 3.63) is 62.3 Å². The van der Waals surface area contributed by atoms with E-state index in [1.54, 1.807) is 40.1 Å². The number of hydrogen-bond donors (Lipinski definition) is 2. The number of carbonyl (C=O) groups excluding carboxylic acids is 4. The summed E-state index contributed by atoms with van der Waals surface area (Å²) in [6.07, 6.45) is 3.10. The summed E-state index contributed by atoms with van der Waals surface area (Å²) in [6, 6.07) is 9.43. The fourth-order valence-corrected chi connectivity index (χ4v) is 7.93. The number of anilines is 2. The number of rotatable bonds is 16. The molecule has 14 nitrogen and oxygen atoms in total. The van der Waals surface area contributed by atoms with E-state index in [2.05, 4.69) is 16.9 Å². The quantitative estimate of drug-likeness (QED) is 0.0651. The van der Waals surface area contributed by atoms with Crippen molar-refractivity contribution in [2.24, 2.45) is 15.4 Å². The van der Waals surface area contributed by atoms with Crippen LogP contribution in [0.15, 0.2) is 40.3 Å². The molecule has 5 rings (SSSR count). The fraction of sp³-hybridized carbons (Fsp3) is 0.351. The van der Waals surface area contributed by atoms with Gasteiger partial charge in [-0.2, -0.15) is 0 Å². The molecule has 17 heteroatoms. The highest BCUT2D eigenvalue weighted by atomic mass is 32.1. The minimum absolute atomic E-state index is 0.0257. The van der Waals surface area contributed by atoms with Crippen LogP contribution in [0.25, 0.3) is 11.1 Å². The topological polar surface area (TPSA) is 200 Å². The van der Waals surface area contributed by atoms with Crippen LogP contribution in [-0.2, 0) is 23.7 Å². The maximum absolute atomic E-state index is 13.1. The van der Waals surface area contributed by atoms with Gasteiger partial charge >= 0.3 is 23.9 Å². The largest absolute Gasteiger partial charge is 0.493 e. The molecule has 1 aliphatic heterocycles. The van der Waals surface area contributed by atoms with E-state index in [0.717, 1.165) is 33.8 Å². The van der Waals surface area contributed by atoms with Crippen LogP contribution in [0.4, 0.5) is 20.0 Å². The first-order chi connectivity index (χ1) is 25.9. The third kappa shape index (κ3) is 8.98. The average molecular weight is 797 g/mol. The molecule has 4 aromatic rings. The first-order valence-corrected chi connectivity index (χ1v) is 19.4. The molecule has 4 heterocycles. The Morgan fingerprint density at radius 1 is 0.722 bits per heavy atom. The number of esters is 4. The van der Waals surface area contributed by atoms with E-state index in [1.165, 1.54) is 11.3 Å². The highest BCUT2D eigenvalue weighted by Crippen LogP contribution is 2.41. The van der Waals surface area contributed by atoms with E-state index in [0.29, 0.717) is 35.3 Å². The van der Waals surface area contributed by atoms with Gasteiger partial charge in [0.1, 0.15) is 48.0 Å². The van der Waals surface area contributed by atoms with Crippen LogP contribution in [0.1, 0.15) is 85.8 Å². The third-order valence-electron chi connectivity index (χ3n) is 7.79. The summed E-state index contributed by atoms with van der Waals surface area (Å²) in [5.74, 6) is -2.32. The Bertz CT molecular complexity index is 2080. The SMILES string of the molecule is CCOC(=O)c1c(N)sc(/N=C/c2cc(-c3ccc(OCC4(C)COC4)cc3)c(/C=N/c3sc(N)c(C(=O)OCC)c3C(=O)OCC)s2)c1C(=O)OCC. The van der Waals surface area contributed by atoms with Gasteiger partial charge in [0, 0.05) is 28.3 Å². The van der Waals surface area contributed by atoms with Crippen molar-refractivity contribution in [1.82, 2.24) is 0 Å². The van der Waals surface area contributed by atoms with Gasteiger partial charge in [-0.15, -0.1) is 11.3 Å².